The number of aryl methyl sites for hydroxylation is 1. The van der Waals surface area contributed by atoms with Crippen molar-refractivity contribution in [3.05, 3.63) is 51.4 Å². The number of nitrogens with zero attached hydrogens (tertiary/aromatic N) is 2. The van der Waals surface area contributed by atoms with E-state index in [1.807, 2.05) is 6.92 Å². The molecule has 0 saturated heterocycles. The molecular weight excluding hydrogens is 407 g/mol. The van der Waals surface area contributed by atoms with Crippen molar-refractivity contribution in [3.8, 4) is 5.75 Å². The van der Waals surface area contributed by atoms with Crippen LogP contribution in [0.3, 0.4) is 0 Å². The van der Waals surface area contributed by atoms with Crippen molar-refractivity contribution >= 4 is 17.7 Å². The smallest absolute Gasteiger partial charge is 0.405 e. The monoisotopic (exact) mass is 427 g/mol. The average molecular weight is 427 g/mol. The molecule has 29 heavy (non-hydrogen) atoms. The van der Waals surface area contributed by atoms with Gasteiger partial charge in [0.25, 0.3) is 5.56 Å². The van der Waals surface area contributed by atoms with E-state index in [4.69, 9.17) is 0 Å². The number of carbonyl (C=O) groups is 1. The normalized spacial score (nSPS) is 16.2. The molecule has 1 aromatic carbocycles. The Kier molecular flexibility index (Phi) is 6.21. The predicted octanol–water partition coefficient (Wildman–Crippen LogP) is 3.05. The molecule has 0 bridgehead atoms. The molecule has 0 unspecified atom stereocenters. The standard InChI is InChI=1S/C19H20F3N3O3S/c1-3-14-11(2)24-18-25(17(14)27)9-13(10-29-18)16(26)23-8-12-6-4-5-7-15(12)28-19(20,21)22/h4-7,13H,3,8-10H2,1-2H3,(H,23,26)/t13-/m0/s1. The maximum absolute atomic E-state index is 12.6. The molecule has 1 aliphatic heterocycles. The predicted molar refractivity (Wildman–Crippen MR) is 102 cm³/mol. The van der Waals surface area contributed by atoms with Crippen molar-refractivity contribution < 1.29 is 22.7 Å². The molecule has 1 aromatic heterocycles. The maximum atomic E-state index is 12.6. The number of para-hydroxylation sites is 1. The molecule has 3 rings (SSSR count). The molecule has 2 aromatic rings. The van der Waals surface area contributed by atoms with Gasteiger partial charge in [0.2, 0.25) is 5.91 Å². The first-order valence-corrected chi connectivity index (χ1v) is 10.0. The lowest BCUT2D eigenvalue weighted by atomic mass is 10.1. The topological polar surface area (TPSA) is 73.2 Å². The van der Waals surface area contributed by atoms with Crippen LogP contribution >= 0.6 is 11.8 Å². The molecule has 1 amide bonds. The van der Waals surface area contributed by atoms with Crippen molar-refractivity contribution in [1.82, 2.24) is 14.9 Å². The van der Waals surface area contributed by atoms with Gasteiger partial charge in [-0.1, -0.05) is 36.9 Å². The highest BCUT2D eigenvalue weighted by molar-refractivity contribution is 7.99. The molecule has 2 heterocycles. The number of rotatable bonds is 5. The van der Waals surface area contributed by atoms with Crippen molar-refractivity contribution in [2.24, 2.45) is 5.92 Å². The molecular formula is C19H20F3N3O3S. The second-order valence-corrected chi connectivity index (χ2v) is 7.60. The lowest BCUT2D eigenvalue weighted by Crippen LogP contribution is -2.40. The largest absolute Gasteiger partial charge is 0.573 e. The highest BCUT2D eigenvalue weighted by Crippen LogP contribution is 2.28. The Morgan fingerprint density at radius 2 is 2.10 bits per heavy atom. The number of halogens is 3. The Bertz CT molecular complexity index is 975. The zero-order valence-electron chi connectivity index (χ0n) is 15.9. The number of hydrogen-bond donors (Lipinski definition) is 1. The van der Waals surface area contributed by atoms with Crippen LogP contribution in [0.4, 0.5) is 13.2 Å². The second-order valence-electron chi connectivity index (χ2n) is 6.61. The van der Waals surface area contributed by atoms with Gasteiger partial charge in [-0.2, -0.15) is 0 Å². The number of benzene rings is 1. The van der Waals surface area contributed by atoms with Crippen molar-refractivity contribution in [2.75, 3.05) is 5.75 Å². The zero-order valence-corrected chi connectivity index (χ0v) is 16.7. The van der Waals surface area contributed by atoms with Gasteiger partial charge in [-0.15, -0.1) is 13.2 Å². The van der Waals surface area contributed by atoms with Crippen molar-refractivity contribution in [1.29, 1.82) is 0 Å². The van der Waals surface area contributed by atoms with Gasteiger partial charge in [0.15, 0.2) is 5.16 Å². The lowest BCUT2D eigenvalue weighted by molar-refractivity contribution is -0.274. The van der Waals surface area contributed by atoms with E-state index in [0.29, 0.717) is 28.6 Å². The van der Waals surface area contributed by atoms with Crippen LogP contribution in [0.2, 0.25) is 0 Å². The number of aromatic nitrogens is 2. The van der Waals surface area contributed by atoms with Crippen LogP contribution < -0.4 is 15.6 Å². The van der Waals surface area contributed by atoms with Crippen LogP contribution in [0.15, 0.2) is 34.2 Å². The van der Waals surface area contributed by atoms with E-state index in [-0.39, 0.29) is 35.9 Å². The number of alkyl halides is 3. The number of thioether (sulfide) groups is 1. The maximum Gasteiger partial charge on any atom is 0.573 e. The first-order chi connectivity index (χ1) is 13.7. The number of carbonyl (C=O) groups excluding carboxylic acids is 1. The third-order valence-corrected chi connectivity index (χ3v) is 5.77. The van der Waals surface area contributed by atoms with Gasteiger partial charge in [0.1, 0.15) is 5.75 Å². The molecule has 6 nitrogen and oxygen atoms in total. The molecule has 1 atom stereocenters. The Labute approximate surface area is 169 Å². The van der Waals surface area contributed by atoms with Gasteiger partial charge in [-0.05, 0) is 19.4 Å². The summed E-state index contributed by atoms with van der Waals surface area (Å²) in [5, 5.41) is 3.23. The molecule has 0 aliphatic carbocycles. The molecule has 0 spiro atoms. The fourth-order valence-electron chi connectivity index (χ4n) is 3.16. The minimum absolute atomic E-state index is 0.111. The summed E-state index contributed by atoms with van der Waals surface area (Å²) in [6, 6.07) is 5.64. The molecule has 0 radical (unpaired) electrons. The number of ether oxygens (including phenoxy) is 1. The van der Waals surface area contributed by atoms with Crippen LogP contribution in [-0.4, -0.2) is 27.6 Å². The van der Waals surface area contributed by atoms with Crippen LogP contribution in [0.5, 0.6) is 5.75 Å². The summed E-state index contributed by atoms with van der Waals surface area (Å²) in [6.07, 6.45) is -4.26. The van der Waals surface area contributed by atoms with Crippen LogP contribution in [-0.2, 0) is 24.3 Å². The Balaban J connectivity index is 1.70. The summed E-state index contributed by atoms with van der Waals surface area (Å²) >= 11 is 1.32. The Morgan fingerprint density at radius 1 is 1.38 bits per heavy atom. The molecule has 10 heteroatoms. The van der Waals surface area contributed by atoms with Gasteiger partial charge in [-0.3, -0.25) is 14.2 Å². The molecule has 1 N–H and O–H groups in total. The molecule has 0 saturated carbocycles. The van der Waals surface area contributed by atoms with Crippen LogP contribution in [0.25, 0.3) is 0 Å². The zero-order chi connectivity index (χ0) is 21.2. The van der Waals surface area contributed by atoms with E-state index in [1.54, 1.807) is 13.0 Å². The third-order valence-electron chi connectivity index (χ3n) is 4.63. The van der Waals surface area contributed by atoms with E-state index < -0.39 is 12.3 Å². The summed E-state index contributed by atoms with van der Waals surface area (Å²) in [7, 11) is 0. The first kappa shape index (κ1) is 21.2. The van der Waals surface area contributed by atoms with Crippen LogP contribution in [0.1, 0.15) is 23.7 Å². The number of amides is 1. The summed E-state index contributed by atoms with van der Waals surface area (Å²) in [5.41, 5.74) is 1.38. The fraction of sp³-hybridized carbons (Fsp3) is 0.421. The summed E-state index contributed by atoms with van der Waals surface area (Å²) in [5.74, 6) is -0.748. The molecule has 1 aliphatic rings. The summed E-state index contributed by atoms with van der Waals surface area (Å²) < 4.78 is 43.1. The highest BCUT2D eigenvalue weighted by atomic mass is 32.2. The second kappa shape index (κ2) is 8.48. The van der Waals surface area contributed by atoms with Gasteiger partial charge < -0.3 is 10.1 Å². The third kappa shape index (κ3) is 4.92. The Morgan fingerprint density at radius 3 is 2.79 bits per heavy atom. The van der Waals surface area contributed by atoms with E-state index in [2.05, 4.69) is 15.0 Å². The summed E-state index contributed by atoms with van der Waals surface area (Å²) in [4.78, 5) is 29.7. The Hall–Kier alpha value is -2.49. The van der Waals surface area contributed by atoms with Gasteiger partial charge >= 0.3 is 6.36 Å². The van der Waals surface area contributed by atoms with Crippen molar-refractivity contribution in [2.45, 2.75) is 44.9 Å². The SMILES string of the molecule is CCc1c(C)nc2n(c1=O)C[C@H](C(=O)NCc1ccccc1OC(F)(F)F)CS2. The number of fused-ring (bicyclic) bond motifs is 1. The van der Waals surface area contributed by atoms with E-state index >= 15 is 0 Å². The van der Waals surface area contributed by atoms with Gasteiger partial charge in [0, 0.05) is 35.7 Å². The van der Waals surface area contributed by atoms with Crippen LogP contribution in [0, 0.1) is 12.8 Å². The van der Waals surface area contributed by atoms with E-state index in [0.717, 1.165) is 0 Å². The molecule has 156 valence electrons. The number of nitrogens with one attached hydrogen (secondary N) is 1. The highest BCUT2D eigenvalue weighted by Gasteiger charge is 2.32. The van der Waals surface area contributed by atoms with Gasteiger partial charge in [-0.25, -0.2) is 4.98 Å². The van der Waals surface area contributed by atoms with E-state index in [9.17, 15) is 22.8 Å². The first-order valence-electron chi connectivity index (χ1n) is 9.04. The quantitative estimate of drug-likeness (QED) is 0.743. The summed E-state index contributed by atoms with van der Waals surface area (Å²) in [6.45, 7) is 3.74. The van der Waals surface area contributed by atoms with E-state index in [1.165, 1.54) is 34.5 Å². The molecule has 0 fully saturated rings. The van der Waals surface area contributed by atoms with Crippen molar-refractivity contribution in [3.63, 3.8) is 0 Å². The lowest BCUT2D eigenvalue weighted by Gasteiger charge is -2.25. The fourth-order valence-corrected chi connectivity index (χ4v) is 4.28. The minimum atomic E-state index is -4.81. The minimum Gasteiger partial charge on any atom is -0.405 e. The van der Waals surface area contributed by atoms with Gasteiger partial charge in [0.05, 0.1) is 5.92 Å². The average Bonchev–Trinajstić information content (AvgIpc) is 2.66. The number of hydrogen-bond acceptors (Lipinski definition) is 5.